The largest absolute Gasteiger partial charge is 0.489 e. The van der Waals surface area contributed by atoms with Gasteiger partial charge in [-0.05, 0) is 45.4 Å². The number of ether oxygens (including phenoxy) is 1. The van der Waals surface area contributed by atoms with Gasteiger partial charge in [-0.15, -0.1) is 0 Å². The summed E-state index contributed by atoms with van der Waals surface area (Å²) in [6, 6.07) is 12.9. The quantitative estimate of drug-likeness (QED) is 0.296. The van der Waals surface area contributed by atoms with E-state index in [2.05, 4.69) is 10.3 Å². The SMILES string of the molecule is CC(=O)c1nc(-c2ccc(C)cc2)cn1C.CC(C)Oc1ccc(C(=O)NCCCC(=O)O)cc1Cl. The van der Waals surface area contributed by atoms with Crippen molar-refractivity contribution in [2.24, 2.45) is 7.05 Å². The first kappa shape index (κ1) is 28.6. The molecular formula is C27H32ClN3O5. The van der Waals surface area contributed by atoms with Crippen molar-refractivity contribution < 1.29 is 24.2 Å². The van der Waals surface area contributed by atoms with Gasteiger partial charge in [0.05, 0.1) is 16.8 Å². The highest BCUT2D eigenvalue weighted by Crippen LogP contribution is 2.26. The Balaban J connectivity index is 0.000000259. The number of halogens is 1. The summed E-state index contributed by atoms with van der Waals surface area (Å²) in [7, 11) is 1.83. The van der Waals surface area contributed by atoms with Crippen LogP contribution in [-0.4, -0.2) is 45.0 Å². The van der Waals surface area contributed by atoms with E-state index in [0.717, 1.165) is 11.3 Å². The number of nitrogens with zero attached hydrogens (tertiary/aromatic N) is 2. The average Bonchev–Trinajstić information content (AvgIpc) is 3.20. The van der Waals surface area contributed by atoms with Gasteiger partial charge in [0, 0.05) is 44.3 Å². The number of amides is 1. The maximum atomic E-state index is 11.8. The molecule has 0 spiro atoms. The molecule has 0 aliphatic heterocycles. The number of carbonyl (C=O) groups is 3. The van der Waals surface area contributed by atoms with Crippen LogP contribution in [0.25, 0.3) is 11.3 Å². The van der Waals surface area contributed by atoms with E-state index in [1.54, 1.807) is 16.7 Å². The number of aryl methyl sites for hydroxylation is 2. The lowest BCUT2D eigenvalue weighted by atomic mass is 10.1. The predicted molar refractivity (Wildman–Crippen MR) is 140 cm³/mol. The van der Waals surface area contributed by atoms with Crippen LogP contribution in [0, 0.1) is 6.92 Å². The molecule has 1 amide bonds. The zero-order chi connectivity index (χ0) is 26.8. The number of imidazole rings is 1. The van der Waals surface area contributed by atoms with E-state index < -0.39 is 5.97 Å². The fourth-order valence-electron chi connectivity index (χ4n) is 3.19. The second-order valence-corrected chi connectivity index (χ2v) is 8.96. The van der Waals surface area contributed by atoms with E-state index in [1.807, 2.05) is 58.3 Å². The Bertz CT molecular complexity index is 1200. The second-order valence-electron chi connectivity index (χ2n) is 8.55. The number of benzene rings is 2. The zero-order valence-electron chi connectivity index (χ0n) is 21.2. The van der Waals surface area contributed by atoms with Gasteiger partial charge in [-0.25, -0.2) is 4.98 Å². The molecule has 0 unspecified atom stereocenters. The van der Waals surface area contributed by atoms with E-state index in [9.17, 15) is 14.4 Å². The molecule has 3 aromatic rings. The molecule has 0 fully saturated rings. The van der Waals surface area contributed by atoms with Gasteiger partial charge < -0.3 is 19.7 Å². The summed E-state index contributed by atoms with van der Waals surface area (Å²) in [6.45, 7) is 7.66. The first-order valence-electron chi connectivity index (χ1n) is 11.6. The molecule has 0 aliphatic carbocycles. The van der Waals surface area contributed by atoms with E-state index in [-0.39, 0.29) is 24.2 Å². The van der Waals surface area contributed by atoms with Gasteiger partial charge in [0.1, 0.15) is 5.75 Å². The van der Waals surface area contributed by atoms with Crippen LogP contribution < -0.4 is 10.1 Å². The highest BCUT2D eigenvalue weighted by atomic mass is 35.5. The number of aromatic nitrogens is 2. The first-order valence-corrected chi connectivity index (χ1v) is 11.9. The summed E-state index contributed by atoms with van der Waals surface area (Å²) < 4.78 is 7.24. The van der Waals surface area contributed by atoms with Crippen LogP contribution in [0.15, 0.2) is 48.7 Å². The number of hydrogen-bond acceptors (Lipinski definition) is 5. The molecule has 0 bridgehead atoms. The predicted octanol–water partition coefficient (Wildman–Crippen LogP) is 5.32. The van der Waals surface area contributed by atoms with Gasteiger partial charge in [-0.1, -0.05) is 41.4 Å². The summed E-state index contributed by atoms with van der Waals surface area (Å²) in [6.07, 6.45) is 2.30. The lowest BCUT2D eigenvalue weighted by Gasteiger charge is -2.12. The Labute approximate surface area is 216 Å². The Morgan fingerprint density at radius 1 is 1.14 bits per heavy atom. The Kier molecular flexibility index (Phi) is 10.7. The molecule has 3 rings (SSSR count). The fraction of sp³-hybridized carbons (Fsp3) is 0.333. The molecule has 36 heavy (non-hydrogen) atoms. The van der Waals surface area contributed by atoms with Crippen LogP contribution in [0.3, 0.4) is 0 Å². The first-order chi connectivity index (χ1) is 17.0. The van der Waals surface area contributed by atoms with Crippen LogP contribution in [0.1, 0.15) is 60.2 Å². The minimum Gasteiger partial charge on any atom is -0.489 e. The minimum absolute atomic E-state index is 0.00296. The van der Waals surface area contributed by atoms with Crippen LogP contribution in [-0.2, 0) is 11.8 Å². The molecule has 2 N–H and O–H groups in total. The van der Waals surface area contributed by atoms with Crippen molar-refractivity contribution in [3.8, 4) is 17.0 Å². The van der Waals surface area contributed by atoms with Gasteiger partial charge in [0.15, 0.2) is 11.6 Å². The van der Waals surface area contributed by atoms with Crippen molar-refractivity contribution in [2.45, 2.75) is 46.6 Å². The van der Waals surface area contributed by atoms with Crippen molar-refractivity contribution in [1.29, 1.82) is 0 Å². The number of aliphatic carboxylic acids is 1. The van der Waals surface area contributed by atoms with Crippen LogP contribution in [0.2, 0.25) is 5.02 Å². The molecule has 1 heterocycles. The van der Waals surface area contributed by atoms with Crippen molar-refractivity contribution in [3.63, 3.8) is 0 Å². The molecule has 0 radical (unpaired) electrons. The Morgan fingerprint density at radius 3 is 2.33 bits per heavy atom. The van der Waals surface area contributed by atoms with E-state index in [1.165, 1.54) is 18.6 Å². The number of carboxylic acid groups (broad SMARTS) is 1. The topological polar surface area (TPSA) is 111 Å². The lowest BCUT2D eigenvalue weighted by molar-refractivity contribution is -0.137. The zero-order valence-corrected chi connectivity index (χ0v) is 21.9. The maximum Gasteiger partial charge on any atom is 0.303 e. The Hall–Kier alpha value is -3.65. The Morgan fingerprint density at radius 2 is 1.81 bits per heavy atom. The van der Waals surface area contributed by atoms with Gasteiger partial charge in [0.2, 0.25) is 0 Å². The standard InChI is InChI=1S/C14H18ClNO4.C13H14N2O/c1-9(2)20-12-6-5-10(8-11(12)15)14(19)16-7-3-4-13(17)18;1-9-4-6-11(7-5-9)12-8-15(3)13(14-12)10(2)16/h5-6,8-9H,3-4,7H2,1-2H3,(H,16,19)(H,17,18);4-8H,1-3H3. The van der Waals surface area contributed by atoms with Crippen LogP contribution in [0.4, 0.5) is 0 Å². The molecule has 192 valence electrons. The smallest absolute Gasteiger partial charge is 0.303 e. The highest BCUT2D eigenvalue weighted by molar-refractivity contribution is 6.32. The monoisotopic (exact) mass is 513 g/mol. The van der Waals surface area contributed by atoms with E-state index >= 15 is 0 Å². The third-order valence-corrected chi connectivity index (χ3v) is 5.24. The van der Waals surface area contributed by atoms with Crippen molar-refractivity contribution in [2.75, 3.05) is 6.54 Å². The van der Waals surface area contributed by atoms with Crippen LogP contribution in [0.5, 0.6) is 5.75 Å². The van der Waals surface area contributed by atoms with Gasteiger partial charge in [-0.2, -0.15) is 0 Å². The summed E-state index contributed by atoms with van der Waals surface area (Å²) in [4.78, 5) is 37.8. The number of carbonyl (C=O) groups excluding carboxylic acids is 2. The third-order valence-electron chi connectivity index (χ3n) is 4.95. The number of hydrogen-bond donors (Lipinski definition) is 2. The normalized spacial score (nSPS) is 10.4. The molecule has 0 atom stereocenters. The van der Waals surface area contributed by atoms with Gasteiger partial charge in [-0.3, -0.25) is 14.4 Å². The van der Waals surface area contributed by atoms with Crippen molar-refractivity contribution in [1.82, 2.24) is 14.9 Å². The second kappa shape index (κ2) is 13.4. The van der Waals surface area contributed by atoms with E-state index in [4.69, 9.17) is 21.4 Å². The highest BCUT2D eigenvalue weighted by Gasteiger charge is 2.11. The molecule has 2 aromatic carbocycles. The number of ketones is 1. The number of Topliss-reactive ketones (excluding diaryl/α,β-unsaturated/α-hetero) is 1. The van der Waals surface area contributed by atoms with Crippen LogP contribution >= 0.6 is 11.6 Å². The summed E-state index contributed by atoms with van der Waals surface area (Å²) >= 11 is 6.04. The molecule has 0 saturated carbocycles. The van der Waals surface area contributed by atoms with Crippen molar-refractivity contribution in [3.05, 3.63) is 70.6 Å². The number of nitrogens with one attached hydrogen (secondary N) is 1. The molecule has 0 aliphatic rings. The maximum absolute atomic E-state index is 11.8. The minimum atomic E-state index is -0.877. The molecule has 1 aromatic heterocycles. The van der Waals surface area contributed by atoms with E-state index in [0.29, 0.717) is 35.1 Å². The average molecular weight is 514 g/mol. The summed E-state index contributed by atoms with van der Waals surface area (Å²) in [5, 5.41) is 11.5. The summed E-state index contributed by atoms with van der Waals surface area (Å²) in [5.74, 6) is -0.147. The molecular weight excluding hydrogens is 482 g/mol. The lowest BCUT2D eigenvalue weighted by Crippen LogP contribution is -2.24. The van der Waals surface area contributed by atoms with Gasteiger partial charge >= 0.3 is 5.97 Å². The molecule has 0 saturated heterocycles. The number of rotatable bonds is 9. The van der Waals surface area contributed by atoms with Crippen molar-refractivity contribution >= 4 is 29.3 Å². The molecule has 9 heteroatoms. The molecule has 8 nitrogen and oxygen atoms in total. The van der Waals surface area contributed by atoms with Gasteiger partial charge in [0.25, 0.3) is 5.91 Å². The summed E-state index contributed by atoms with van der Waals surface area (Å²) in [5.41, 5.74) is 3.51. The third kappa shape index (κ3) is 8.85. The fourth-order valence-corrected chi connectivity index (χ4v) is 3.42. The number of carboxylic acids is 1.